The highest BCUT2D eigenvalue weighted by atomic mass is 32.1. The van der Waals surface area contributed by atoms with Gasteiger partial charge < -0.3 is 35.3 Å². The quantitative estimate of drug-likeness (QED) is 0.0817. The van der Waals surface area contributed by atoms with E-state index in [1.807, 2.05) is 34.6 Å². The van der Waals surface area contributed by atoms with E-state index < -0.39 is 17.0 Å². The first kappa shape index (κ1) is 34.4. The number of nitrogens with one attached hydrogen (secondary N) is 3. The lowest BCUT2D eigenvalue weighted by molar-refractivity contribution is -0.131. The molecule has 2 aromatic rings. The zero-order chi connectivity index (χ0) is 33.6. The van der Waals surface area contributed by atoms with E-state index in [2.05, 4.69) is 16.0 Å². The Morgan fingerprint density at radius 3 is 2.39 bits per heavy atom. The lowest BCUT2D eigenvalue weighted by Crippen LogP contribution is -2.39. The number of benzene rings is 3. The first-order valence-corrected chi connectivity index (χ1v) is 15.7. The molecule has 244 valence electrons. The predicted molar refractivity (Wildman–Crippen MR) is 184 cm³/mol. The van der Waals surface area contributed by atoms with Gasteiger partial charge in [0, 0.05) is 59.4 Å². The summed E-state index contributed by atoms with van der Waals surface area (Å²) in [4.78, 5) is 37.0. The first-order chi connectivity index (χ1) is 21.7. The predicted octanol–water partition coefficient (Wildman–Crippen LogP) is 6.38. The molecule has 1 aliphatic carbocycles. The second-order valence-electron chi connectivity index (χ2n) is 12.5. The van der Waals surface area contributed by atoms with Crippen LogP contribution in [-0.2, 0) is 9.53 Å². The van der Waals surface area contributed by atoms with Crippen molar-refractivity contribution in [1.82, 2.24) is 10.6 Å². The molecule has 1 aliphatic heterocycles. The van der Waals surface area contributed by atoms with Crippen molar-refractivity contribution in [2.45, 2.75) is 59.5 Å². The van der Waals surface area contributed by atoms with Gasteiger partial charge in [-0.2, -0.15) is 0 Å². The van der Waals surface area contributed by atoms with Crippen molar-refractivity contribution < 1.29 is 29.0 Å². The molecule has 1 heterocycles. The van der Waals surface area contributed by atoms with Gasteiger partial charge >= 0.3 is 5.97 Å². The summed E-state index contributed by atoms with van der Waals surface area (Å²) in [6.07, 6.45) is 2.11. The van der Waals surface area contributed by atoms with Crippen LogP contribution in [0.5, 0.6) is 5.75 Å². The molecule has 4 rings (SSSR count). The number of carbonyl (C=O) groups is 2. The third-order valence-corrected chi connectivity index (χ3v) is 8.08. The fraction of sp³-hybridized carbons (Fsp3) is 0.371. The molecule has 2 aliphatic rings. The van der Waals surface area contributed by atoms with Crippen molar-refractivity contribution in [3.8, 4) is 28.2 Å². The fourth-order valence-electron chi connectivity index (χ4n) is 5.06. The second kappa shape index (κ2) is 14.3. The summed E-state index contributed by atoms with van der Waals surface area (Å²) < 4.78 is 12.0. The number of carboxylic acids is 1. The maximum atomic E-state index is 12.5. The zero-order valence-corrected chi connectivity index (χ0v) is 27.6. The molecule has 5 N–H and O–H groups in total. The summed E-state index contributed by atoms with van der Waals surface area (Å²) in [7, 11) is 0. The van der Waals surface area contributed by atoms with Crippen LogP contribution in [0, 0.1) is 5.41 Å². The third-order valence-electron chi connectivity index (χ3n) is 7.84. The molecule has 0 fully saturated rings. The van der Waals surface area contributed by atoms with E-state index in [1.165, 1.54) is 30.3 Å². The summed E-state index contributed by atoms with van der Waals surface area (Å²) in [5.41, 5.74) is 1.09. The van der Waals surface area contributed by atoms with Crippen LogP contribution >= 0.6 is 12.2 Å². The fourth-order valence-corrected chi connectivity index (χ4v) is 5.28. The van der Waals surface area contributed by atoms with Crippen molar-refractivity contribution in [2.24, 2.45) is 5.41 Å². The van der Waals surface area contributed by atoms with Crippen LogP contribution in [0.15, 0.2) is 63.8 Å². The summed E-state index contributed by atoms with van der Waals surface area (Å²) in [6, 6.07) is 13.8. The second-order valence-corrected chi connectivity index (χ2v) is 12.9. The largest absolute Gasteiger partial charge is 0.508 e. The number of phenols is 1. The Morgan fingerprint density at radius 1 is 0.935 bits per heavy atom. The Labute approximate surface area is 273 Å². The van der Waals surface area contributed by atoms with Crippen LogP contribution in [0.4, 0.5) is 5.69 Å². The van der Waals surface area contributed by atoms with E-state index in [0.717, 1.165) is 6.42 Å². The molecule has 0 unspecified atom stereocenters. The van der Waals surface area contributed by atoms with Gasteiger partial charge in [-0.3, -0.25) is 9.59 Å². The number of hydrogen-bond donors (Lipinski definition) is 5. The highest BCUT2D eigenvalue weighted by Gasteiger charge is 2.28. The molecule has 10 nitrogen and oxygen atoms in total. The van der Waals surface area contributed by atoms with Gasteiger partial charge in [0.2, 0.25) is 5.91 Å². The van der Waals surface area contributed by atoms with Crippen LogP contribution in [0.2, 0.25) is 0 Å². The minimum Gasteiger partial charge on any atom is -0.508 e. The molecule has 46 heavy (non-hydrogen) atoms. The number of fused-ring (bicyclic) bond motifs is 2. The molecule has 0 bridgehead atoms. The lowest BCUT2D eigenvalue weighted by atomic mass is 9.88. The Kier molecular flexibility index (Phi) is 10.7. The van der Waals surface area contributed by atoms with E-state index in [9.17, 15) is 24.6 Å². The number of thiocarbonyl (C=S) groups is 1. The smallest absolute Gasteiger partial charge is 0.336 e. The van der Waals surface area contributed by atoms with Gasteiger partial charge in [-0.05, 0) is 87.3 Å². The van der Waals surface area contributed by atoms with Gasteiger partial charge in [0.05, 0.1) is 11.2 Å². The molecule has 0 atom stereocenters. The van der Waals surface area contributed by atoms with Gasteiger partial charge in [-0.1, -0.05) is 26.8 Å². The Balaban J connectivity index is 1.44. The van der Waals surface area contributed by atoms with Crippen molar-refractivity contribution in [3.63, 3.8) is 0 Å². The topological polar surface area (TPSA) is 150 Å². The number of aromatic hydroxyl groups is 1. The molecule has 0 saturated carbocycles. The van der Waals surface area contributed by atoms with Crippen LogP contribution in [0.1, 0.15) is 64.2 Å². The van der Waals surface area contributed by atoms with E-state index in [4.69, 9.17) is 21.4 Å². The standard InChI is InChI=1S/C35H41N3O7S/c1-6-15-36-32(43)34(2,3)14-17-44-35(4,5)13-16-37-33(46)38-21-7-10-24(27(18-21)31(41)42)30-25-11-8-22(39)19-28(25)45-29-20-23(40)9-12-26(29)30/h7-12,18-20,39H,6,13-17H2,1-5H3,(H,36,43)(H,41,42)(H2,37,38,46). The van der Waals surface area contributed by atoms with Gasteiger partial charge in [0.15, 0.2) is 10.5 Å². The molecular formula is C35H41N3O7S. The van der Waals surface area contributed by atoms with Gasteiger partial charge in [0.25, 0.3) is 0 Å². The number of amides is 1. The monoisotopic (exact) mass is 647 g/mol. The third kappa shape index (κ3) is 8.41. The Hall–Kier alpha value is -4.48. The average Bonchev–Trinajstić information content (AvgIpc) is 2.98. The Bertz CT molecular complexity index is 1780. The molecule has 0 radical (unpaired) electrons. The maximum Gasteiger partial charge on any atom is 0.336 e. The molecule has 11 heteroatoms. The zero-order valence-electron chi connectivity index (χ0n) is 26.8. The summed E-state index contributed by atoms with van der Waals surface area (Å²) in [5.74, 6) is -0.877. The SMILES string of the molecule is CCCNC(=O)C(C)(C)CCOC(C)(C)CCNC(=S)Nc1ccc(-c2c3ccc(=O)cc-3oc3cc(O)ccc23)c(C(=O)O)c1. The number of hydrogen-bond acceptors (Lipinski definition) is 7. The first-order valence-electron chi connectivity index (χ1n) is 15.3. The van der Waals surface area contributed by atoms with Crippen LogP contribution in [0.25, 0.3) is 33.4 Å². The number of phenolic OH excluding ortho intramolecular Hbond substituents is 1. The highest BCUT2D eigenvalue weighted by molar-refractivity contribution is 7.80. The van der Waals surface area contributed by atoms with Crippen molar-refractivity contribution >= 4 is 45.9 Å². The highest BCUT2D eigenvalue weighted by Crippen LogP contribution is 2.42. The van der Waals surface area contributed by atoms with E-state index in [-0.39, 0.29) is 28.4 Å². The minimum absolute atomic E-state index is 0.0155. The molecule has 1 amide bonds. The van der Waals surface area contributed by atoms with E-state index in [1.54, 1.807) is 24.3 Å². The van der Waals surface area contributed by atoms with Crippen molar-refractivity contribution in [2.75, 3.05) is 25.0 Å². The average molecular weight is 648 g/mol. The van der Waals surface area contributed by atoms with Crippen LogP contribution < -0.4 is 21.4 Å². The molecule has 2 aromatic carbocycles. The Morgan fingerprint density at radius 2 is 1.67 bits per heavy atom. The van der Waals surface area contributed by atoms with Gasteiger partial charge in [0.1, 0.15) is 17.1 Å². The number of anilines is 1. The number of carboxylic acid groups (broad SMARTS) is 1. The molecular weight excluding hydrogens is 606 g/mol. The molecule has 0 aromatic heterocycles. The summed E-state index contributed by atoms with van der Waals surface area (Å²) in [6.45, 7) is 11.4. The molecule has 0 spiro atoms. The number of rotatable bonds is 13. The van der Waals surface area contributed by atoms with Crippen LogP contribution in [0.3, 0.4) is 0 Å². The molecule has 0 saturated heterocycles. The van der Waals surface area contributed by atoms with Crippen molar-refractivity contribution in [1.29, 1.82) is 0 Å². The summed E-state index contributed by atoms with van der Waals surface area (Å²) in [5, 5.41) is 30.3. The number of ether oxygens (including phenoxy) is 1. The number of aromatic carboxylic acids is 1. The van der Waals surface area contributed by atoms with Gasteiger partial charge in [-0.25, -0.2) is 4.79 Å². The van der Waals surface area contributed by atoms with Crippen LogP contribution in [-0.4, -0.2) is 52.5 Å². The van der Waals surface area contributed by atoms with E-state index >= 15 is 0 Å². The maximum absolute atomic E-state index is 12.5. The summed E-state index contributed by atoms with van der Waals surface area (Å²) >= 11 is 5.49. The van der Waals surface area contributed by atoms with E-state index in [0.29, 0.717) is 71.0 Å². The number of carbonyl (C=O) groups excluding carboxylic acids is 1. The van der Waals surface area contributed by atoms with Crippen molar-refractivity contribution in [3.05, 3.63) is 70.4 Å². The normalized spacial score (nSPS) is 11.8. The minimum atomic E-state index is -1.15. The lowest BCUT2D eigenvalue weighted by Gasteiger charge is -2.29. The van der Waals surface area contributed by atoms with Gasteiger partial charge in [-0.15, -0.1) is 0 Å².